The molecule has 3 N–H and O–H groups in total. The molecule has 14 heavy (non-hydrogen) atoms. The number of rotatable bonds is 1. The highest BCUT2D eigenvalue weighted by Gasteiger charge is 2.03. The van der Waals surface area contributed by atoms with Crippen LogP contribution in [-0.2, 0) is 7.05 Å². The van der Waals surface area contributed by atoms with Gasteiger partial charge >= 0.3 is 0 Å². The Hall–Kier alpha value is -2.04. The van der Waals surface area contributed by atoms with Gasteiger partial charge in [-0.25, -0.2) is 0 Å². The lowest BCUT2D eigenvalue weighted by Gasteiger charge is -2.03. The van der Waals surface area contributed by atoms with E-state index >= 15 is 0 Å². The summed E-state index contributed by atoms with van der Waals surface area (Å²) in [4.78, 5) is 11.3. The van der Waals surface area contributed by atoms with Crippen LogP contribution in [0.4, 0.5) is 5.69 Å². The number of anilines is 1. The van der Waals surface area contributed by atoms with Gasteiger partial charge in [0.05, 0.1) is 11.9 Å². The predicted octanol–water partition coefficient (Wildman–Crippen LogP) is 0.358. The Kier molecular flexibility index (Phi) is 1.85. The Balaban J connectivity index is 2.63. The van der Waals surface area contributed by atoms with Crippen LogP contribution in [-0.4, -0.2) is 14.8 Å². The number of aromatic nitrogens is 3. The lowest BCUT2D eigenvalue weighted by atomic mass is 10.1. The fourth-order valence-electron chi connectivity index (χ4n) is 1.30. The van der Waals surface area contributed by atoms with Crippen molar-refractivity contribution < 1.29 is 0 Å². The third-order valence-corrected chi connectivity index (χ3v) is 2.04. The number of hydrogen-bond acceptors (Lipinski definition) is 3. The fourth-order valence-corrected chi connectivity index (χ4v) is 1.30. The van der Waals surface area contributed by atoms with Gasteiger partial charge in [0.15, 0.2) is 0 Å². The van der Waals surface area contributed by atoms with Crippen molar-refractivity contribution in [2.45, 2.75) is 0 Å². The number of pyridine rings is 1. The highest BCUT2D eigenvalue weighted by Crippen LogP contribution is 2.17. The van der Waals surface area contributed by atoms with Crippen LogP contribution in [0.3, 0.4) is 0 Å². The van der Waals surface area contributed by atoms with Gasteiger partial charge in [0.2, 0.25) is 0 Å². The number of nitrogen functional groups attached to an aromatic ring is 1. The monoisotopic (exact) mass is 190 g/mol. The first-order valence-corrected chi connectivity index (χ1v) is 4.14. The van der Waals surface area contributed by atoms with Gasteiger partial charge in [-0.15, -0.1) is 0 Å². The zero-order chi connectivity index (χ0) is 10.1. The molecule has 0 unspecified atom stereocenters. The molecule has 0 aliphatic rings. The molecule has 2 heterocycles. The number of H-pyrrole nitrogens is 1. The predicted molar refractivity (Wildman–Crippen MR) is 53.7 cm³/mol. The number of nitrogens with one attached hydrogen (secondary N) is 1. The smallest absolute Gasteiger partial charge is 0.273 e. The van der Waals surface area contributed by atoms with Crippen molar-refractivity contribution in [1.82, 2.24) is 14.8 Å². The average Bonchev–Trinajstić information content (AvgIpc) is 2.66. The van der Waals surface area contributed by atoms with Crippen molar-refractivity contribution in [3.8, 4) is 11.1 Å². The Morgan fingerprint density at radius 2 is 2.29 bits per heavy atom. The topological polar surface area (TPSA) is 76.7 Å². The van der Waals surface area contributed by atoms with E-state index < -0.39 is 0 Å². The second kappa shape index (κ2) is 3.02. The van der Waals surface area contributed by atoms with Gasteiger partial charge in [-0.05, 0) is 6.07 Å². The molecule has 2 aromatic heterocycles. The van der Waals surface area contributed by atoms with Crippen molar-refractivity contribution >= 4 is 5.69 Å². The molecule has 5 nitrogen and oxygen atoms in total. The average molecular weight is 190 g/mol. The fraction of sp³-hybridized carbons (Fsp3) is 0.111. The SMILES string of the molecule is Cn1cc(-c2cn[nH]c2)cc(N)c1=O. The van der Waals surface area contributed by atoms with Gasteiger partial charge in [0.25, 0.3) is 5.56 Å². The molecule has 0 atom stereocenters. The first kappa shape index (κ1) is 8.55. The molecular formula is C9H10N4O. The van der Waals surface area contributed by atoms with Crippen LogP contribution in [0.5, 0.6) is 0 Å². The molecule has 0 saturated heterocycles. The molecule has 0 fully saturated rings. The number of nitrogens with two attached hydrogens (primary N) is 1. The maximum absolute atomic E-state index is 11.3. The number of aryl methyl sites for hydroxylation is 1. The minimum atomic E-state index is -0.183. The van der Waals surface area contributed by atoms with Crippen molar-refractivity contribution in [1.29, 1.82) is 0 Å². The second-order valence-corrected chi connectivity index (χ2v) is 3.09. The molecule has 72 valence electrons. The standard InChI is InChI=1S/C9H10N4O/c1-13-5-6(2-8(10)9(13)14)7-3-11-12-4-7/h2-5H,10H2,1H3,(H,11,12). The van der Waals surface area contributed by atoms with Gasteiger partial charge in [-0.1, -0.05) is 0 Å². The quantitative estimate of drug-likeness (QED) is 0.681. The zero-order valence-corrected chi connectivity index (χ0v) is 7.69. The molecule has 2 rings (SSSR count). The first-order valence-electron chi connectivity index (χ1n) is 4.14. The molecule has 5 heteroatoms. The number of hydrogen-bond donors (Lipinski definition) is 2. The number of aromatic amines is 1. The van der Waals surface area contributed by atoms with E-state index in [4.69, 9.17) is 5.73 Å². The normalized spacial score (nSPS) is 10.4. The summed E-state index contributed by atoms with van der Waals surface area (Å²) in [5, 5.41) is 6.53. The van der Waals surface area contributed by atoms with Crippen molar-refractivity contribution in [2.24, 2.45) is 7.05 Å². The minimum absolute atomic E-state index is 0.183. The van der Waals surface area contributed by atoms with E-state index in [9.17, 15) is 4.79 Å². The minimum Gasteiger partial charge on any atom is -0.394 e. The van der Waals surface area contributed by atoms with Crippen LogP contribution >= 0.6 is 0 Å². The lowest BCUT2D eigenvalue weighted by Crippen LogP contribution is -2.19. The van der Waals surface area contributed by atoms with E-state index in [1.165, 1.54) is 4.57 Å². The summed E-state index contributed by atoms with van der Waals surface area (Å²) in [5.41, 5.74) is 7.41. The summed E-state index contributed by atoms with van der Waals surface area (Å²) in [6.45, 7) is 0. The molecule has 2 aromatic rings. The van der Waals surface area contributed by atoms with E-state index in [2.05, 4.69) is 10.2 Å². The number of nitrogens with zero attached hydrogens (tertiary/aromatic N) is 2. The molecule has 0 aliphatic heterocycles. The van der Waals surface area contributed by atoms with Gasteiger partial charge in [-0.3, -0.25) is 9.89 Å². The van der Waals surface area contributed by atoms with Crippen LogP contribution in [0.25, 0.3) is 11.1 Å². The molecule has 0 spiro atoms. The van der Waals surface area contributed by atoms with Gasteiger partial charge in [-0.2, -0.15) is 5.10 Å². The summed E-state index contributed by atoms with van der Waals surface area (Å²) in [6, 6.07) is 1.65. The van der Waals surface area contributed by atoms with Crippen LogP contribution < -0.4 is 11.3 Å². The lowest BCUT2D eigenvalue weighted by molar-refractivity contribution is 0.866. The van der Waals surface area contributed by atoms with Crippen LogP contribution in [0.15, 0.2) is 29.5 Å². The molecule has 0 aliphatic carbocycles. The maximum atomic E-state index is 11.3. The third-order valence-electron chi connectivity index (χ3n) is 2.04. The Bertz CT molecular complexity index is 472. The van der Waals surface area contributed by atoms with Crippen LogP contribution in [0.1, 0.15) is 0 Å². The highest BCUT2D eigenvalue weighted by molar-refractivity contribution is 5.64. The zero-order valence-electron chi connectivity index (χ0n) is 7.69. The van der Waals surface area contributed by atoms with Gasteiger partial charge < -0.3 is 10.3 Å². The van der Waals surface area contributed by atoms with Crippen LogP contribution in [0.2, 0.25) is 0 Å². The van der Waals surface area contributed by atoms with Crippen molar-refractivity contribution in [2.75, 3.05) is 5.73 Å². The Morgan fingerprint density at radius 3 is 2.86 bits per heavy atom. The van der Waals surface area contributed by atoms with E-state index in [1.807, 2.05) is 0 Å². The van der Waals surface area contributed by atoms with Crippen molar-refractivity contribution in [3.63, 3.8) is 0 Å². The molecule has 0 amide bonds. The van der Waals surface area contributed by atoms with E-state index in [1.54, 1.807) is 31.7 Å². The molecule has 0 bridgehead atoms. The summed E-state index contributed by atoms with van der Waals surface area (Å²) in [6.07, 6.45) is 5.15. The van der Waals surface area contributed by atoms with Gasteiger partial charge in [0.1, 0.15) is 0 Å². The van der Waals surface area contributed by atoms with E-state index in [-0.39, 0.29) is 11.2 Å². The first-order chi connectivity index (χ1) is 6.68. The third kappa shape index (κ3) is 1.28. The summed E-state index contributed by atoms with van der Waals surface area (Å²) >= 11 is 0. The molecule has 0 radical (unpaired) electrons. The van der Waals surface area contributed by atoms with Crippen LogP contribution in [0, 0.1) is 0 Å². The maximum Gasteiger partial charge on any atom is 0.273 e. The molecule has 0 aromatic carbocycles. The molecular weight excluding hydrogens is 180 g/mol. The summed E-state index contributed by atoms with van der Waals surface area (Å²) < 4.78 is 1.46. The Morgan fingerprint density at radius 1 is 1.50 bits per heavy atom. The second-order valence-electron chi connectivity index (χ2n) is 3.09. The summed E-state index contributed by atoms with van der Waals surface area (Å²) in [5.74, 6) is 0. The van der Waals surface area contributed by atoms with Gasteiger partial charge in [0, 0.05) is 30.6 Å². The highest BCUT2D eigenvalue weighted by atomic mass is 16.1. The van der Waals surface area contributed by atoms with E-state index in [0.29, 0.717) is 0 Å². The van der Waals surface area contributed by atoms with Crippen molar-refractivity contribution in [3.05, 3.63) is 35.0 Å². The molecule has 0 saturated carbocycles. The van der Waals surface area contributed by atoms with E-state index in [0.717, 1.165) is 11.1 Å². The Labute approximate surface area is 80.2 Å². The summed E-state index contributed by atoms with van der Waals surface area (Å²) in [7, 11) is 1.67. The largest absolute Gasteiger partial charge is 0.394 e.